The molecule has 0 aliphatic carbocycles. The molecule has 0 spiro atoms. The van der Waals surface area contributed by atoms with E-state index in [0.29, 0.717) is 21.5 Å². The Morgan fingerprint density at radius 2 is 1.87 bits per heavy atom. The van der Waals surface area contributed by atoms with E-state index < -0.39 is 17.5 Å². The minimum atomic E-state index is -0.968. The van der Waals surface area contributed by atoms with E-state index in [1.165, 1.54) is 12.1 Å². The predicted octanol–water partition coefficient (Wildman–Crippen LogP) is 3.77. The van der Waals surface area contributed by atoms with E-state index in [9.17, 15) is 24.6 Å². The molecule has 0 saturated carbocycles. The van der Waals surface area contributed by atoms with Gasteiger partial charge in [0, 0.05) is 40.9 Å². The van der Waals surface area contributed by atoms with Crippen molar-refractivity contribution in [2.45, 2.75) is 32.1 Å². The second-order valence-corrected chi connectivity index (χ2v) is 7.76. The Bertz CT molecular complexity index is 1170. The molecule has 1 amide bonds. The summed E-state index contributed by atoms with van der Waals surface area (Å²) < 4.78 is 5.27. The minimum Gasteiger partial charge on any atom is -0.508 e. The Morgan fingerprint density at radius 1 is 1.16 bits per heavy atom. The third kappa shape index (κ3) is 5.64. The summed E-state index contributed by atoms with van der Waals surface area (Å²) in [7, 11) is 0. The van der Waals surface area contributed by atoms with E-state index in [1.807, 2.05) is 0 Å². The van der Waals surface area contributed by atoms with Crippen molar-refractivity contribution in [2.75, 3.05) is 6.54 Å². The van der Waals surface area contributed by atoms with E-state index >= 15 is 0 Å². The molecule has 7 nitrogen and oxygen atoms in total. The standard InChI is InChI=1S/C23H22ClNO6/c1-13-18-7-6-17(26)11-20(18)31-23(30)19(13)8-9-21(27)25-12-15(10-22(28)29)14-2-4-16(24)5-3-14/h2-7,11,15,26H,8-10,12H2,1H3,(H,25,27)(H,28,29)/t15-/m1/s1. The number of phenols is 1. The van der Waals surface area contributed by atoms with E-state index in [0.717, 1.165) is 5.56 Å². The number of rotatable bonds is 8. The van der Waals surface area contributed by atoms with Crippen molar-refractivity contribution in [3.8, 4) is 5.75 Å². The minimum absolute atomic E-state index is 0.00113. The van der Waals surface area contributed by atoms with Crippen molar-refractivity contribution in [1.29, 1.82) is 0 Å². The summed E-state index contributed by atoms with van der Waals surface area (Å²) in [6.45, 7) is 1.92. The first-order chi connectivity index (χ1) is 14.7. The molecule has 1 atom stereocenters. The number of phenolic OH excluding ortho intramolecular Hbond substituents is 1. The Hall–Kier alpha value is -3.32. The maximum Gasteiger partial charge on any atom is 0.339 e. The van der Waals surface area contributed by atoms with Crippen molar-refractivity contribution in [1.82, 2.24) is 5.32 Å². The molecule has 31 heavy (non-hydrogen) atoms. The van der Waals surface area contributed by atoms with E-state index in [-0.39, 0.29) is 43.0 Å². The van der Waals surface area contributed by atoms with Gasteiger partial charge in [-0.25, -0.2) is 4.79 Å². The maximum absolute atomic E-state index is 12.4. The molecule has 3 rings (SSSR count). The molecular weight excluding hydrogens is 422 g/mol. The number of benzene rings is 2. The lowest BCUT2D eigenvalue weighted by Crippen LogP contribution is -2.30. The monoisotopic (exact) mass is 443 g/mol. The number of nitrogens with one attached hydrogen (secondary N) is 1. The average Bonchev–Trinajstić information content (AvgIpc) is 2.71. The number of hydrogen-bond donors (Lipinski definition) is 3. The predicted molar refractivity (Wildman–Crippen MR) is 117 cm³/mol. The van der Waals surface area contributed by atoms with Crippen LogP contribution < -0.4 is 10.9 Å². The molecule has 0 saturated heterocycles. The van der Waals surface area contributed by atoms with Gasteiger partial charge in [0.05, 0.1) is 6.42 Å². The lowest BCUT2D eigenvalue weighted by molar-refractivity contribution is -0.137. The molecule has 3 aromatic rings. The summed E-state index contributed by atoms with van der Waals surface area (Å²) >= 11 is 5.89. The van der Waals surface area contributed by atoms with Crippen LogP contribution >= 0.6 is 11.6 Å². The Labute approximate surface area is 183 Å². The highest BCUT2D eigenvalue weighted by Crippen LogP contribution is 2.24. The third-order valence-corrected chi connectivity index (χ3v) is 5.43. The fraction of sp³-hybridized carbons (Fsp3) is 0.261. The van der Waals surface area contributed by atoms with E-state index in [4.69, 9.17) is 16.0 Å². The maximum atomic E-state index is 12.4. The number of halogens is 1. The van der Waals surface area contributed by atoms with Crippen LogP contribution in [0.25, 0.3) is 11.0 Å². The number of amides is 1. The van der Waals surface area contributed by atoms with E-state index in [2.05, 4.69) is 5.32 Å². The van der Waals surface area contributed by atoms with Crippen molar-refractivity contribution in [2.24, 2.45) is 0 Å². The molecule has 1 heterocycles. The van der Waals surface area contributed by atoms with Crippen LogP contribution in [0.4, 0.5) is 0 Å². The largest absolute Gasteiger partial charge is 0.508 e. The smallest absolute Gasteiger partial charge is 0.339 e. The number of aliphatic carboxylic acids is 1. The highest BCUT2D eigenvalue weighted by atomic mass is 35.5. The van der Waals surface area contributed by atoms with Crippen LogP contribution in [0.15, 0.2) is 51.7 Å². The normalized spacial score (nSPS) is 11.9. The number of carbonyl (C=O) groups is 2. The van der Waals surface area contributed by atoms with Gasteiger partial charge in [-0.2, -0.15) is 0 Å². The number of aryl methyl sites for hydroxylation is 1. The topological polar surface area (TPSA) is 117 Å². The van der Waals surface area contributed by atoms with Gasteiger partial charge in [-0.15, -0.1) is 0 Å². The van der Waals surface area contributed by atoms with Crippen molar-refractivity contribution in [3.05, 3.63) is 74.6 Å². The molecule has 0 unspecified atom stereocenters. The quantitative estimate of drug-likeness (QED) is 0.456. The number of fused-ring (bicyclic) bond motifs is 1. The fourth-order valence-corrected chi connectivity index (χ4v) is 3.62. The second-order valence-electron chi connectivity index (χ2n) is 7.32. The summed E-state index contributed by atoms with van der Waals surface area (Å²) in [5, 5.41) is 22.7. The zero-order valence-corrected chi connectivity index (χ0v) is 17.6. The van der Waals surface area contributed by atoms with Gasteiger partial charge in [-0.3, -0.25) is 9.59 Å². The van der Waals surface area contributed by atoms with Crippen LogP contribution in [-0.4, -0.2) is 28.6 Å². The summed E-state index contributed by atoms with van der Waals surface area (Å²) in [6, 6.07) is 11.4. The van der Waals surface area contributed by atoms with Gasteiger partial charge in [0.25, 0.3) is 0 Å². The summed E-state index contributed by atoms with van der Waals surface area (Å²) in [6.07, 6.45) is 0.0963. The second kappa shape index (κ2) is 9.66. The molecule has 0 aliphatic rings. The van der Waals surface area contributed by atoms with Crippen LogP contribution in [0.5, 0.6) is 5.75 Å². The van der Waals surface area contributed by atoms with Crippen LogP contribution in [0.1, 0.15) is 35.4 Å². The third-order valence-electron chi connectivity index (χ3n) is 5.18. The van der Waals surface area contributed by atoms with Gasteiger partial charge in [-0.05, 0) is 48.7 Å². The van der Waals surface area contributed by atoms with Crippen molar-refractivity contribution in [3.63, 3.8) is 0 Å². The molecule has 2 aromatic carbocycles. The molecular formula is C23H22ClNO6. The zero-order chi connectivity index (χ0) is 22.5. The van der Waals surface area contributed by atoms with Crippen LogP contribution in [0, 0.1) is 6.92 Å². The number of hydrogen-bond acceptors (Lipinski definition) is 5. The summed E-state index contributed by atoms with van der Waals surface area (Å²) in [4.78, 5) is 35.9. The van der Waals surface area contributed by atoms with Crippen molar-refractivity contribution >= 4 is 34.4 Å². The summed E-state index contributed by atoms with van der Waals surface area (Å²) in [5.41, 5.74) is 1.60. The lowest BCUT2D eigenvalue weighted by Gasteiger charge is -2.16. The molecule has 0 fully saturated rings. The van der Waals surface area contributed by atoms with Gasteiger partial charge < -0.3 is 19.9 Å². The number of carbonyl (C=O) groups excluding carboxylic acids is 1. The molecule has 8 heteroatoms. The number of carboxylic acid groups (broad SMARTS) is 1. The van der Waals surface area contributed by atoms with Gasteiger partial charge in [-0.1, -0.05) is 23.7 Å². The number of carboxylic acids is 1. The van der Waals surface area contributed by atoms with Crippen LogP contribution in [0.3, 0.4) is 0 Å². The van der Waals surface area contributed by atoms with Crippen molar-refractivity contribution < 1.29 is 24.2 Å². The Balaban J connectivity index is 1.66. The first-order valence-electron chi connectivity index (χ1n) is 9.74. The van der Waals surface area contributed by atoms with Gasteiger partial charge >= 0.3 is 11.6 Å². The average molecular weight is 444 g/mol. The first kappa shape index (κ1) is 22.4. The molecule has 1 aromatic heterocycles. The molecule has 3 N–H and O–H groups in total. The van der Waals surface area contributed by atoms with Gasteiger partial charge in [0.2, 0.25) is 5.91 Å². The van der Waals surface area contributed by atoms with E-state index in [1.54, 1.807) is 37.3 Å². The molecule has 162 valence electrons. The Morgan fingerprint density at radius 3 is 2.55 bits per heavy atom. The molecule has 0 aliphatic heterocycles. The van der Waals surface area contributed by atoms with Crippen LogP contribution in [-0.2, 0) is 16.0 Å². The van der Waals surface area contributed by atoms with Gasteiger partial charge in [0.1, 0.15) is 11.3 Å². The highest BCUT2D eigenvalue weighted by molar-refractivity contribution is 6.30. The Kier molecular flexibility index (Phi) is 6.97. The van der Waals surface area contributed by atoms with Crippen LogP contribution in [0.2, 0.25) is 5.02 Å². The zero-order valence-electron chi connectivity index (χ0n) is 16.9. The highest BCUT2D eigenvalue weighted by Gasteiger charge is 2.18. The lowest BCUT2D eigenvalue weighted by atomic mass is 9.95. The molecule has 0 bridgehead atoms. The molecule has 0 radical (unpaired) electrons. The first-order valence-corrected chi connectivity index (χ1v) is 10.1. The number of aromatic hydroxyl groups is 1. The SMILES string of the molecule is Cc1c(CCC(=O)NC[C@@H](CC(=O)O)c2ccc(Cl)cc2)c(=O)oc2cc(O)ccc12. The summed E-state index contributed by atoms with van der Waals surface area (Å²) in [5.74, 6) is -1.67. The van der Waals surface area contributed by atoms with Gasteiger partial charge in [0.15, 0.2) is 0 Å². The fourth-order valence-electron chi connectivity index (χ4n) is 3.49.